The molecule has 8 heteroatoms. The van der Waals surface area contributed by atoms with Gasteiger partial charge in [0.15, 0.2) is 0 Å². The van der Waals surface area contributed by atoms with Crippen molar-refractivity contribution in [1.82, 2.24) is 0 Å². The van der Waals surface area contributed by atoms with Gasteiger partial charge >= 0.3 is 0 Å². The summed E-state index contributed by atoms with van der Waals surface area (Å²) in [6, 6.07) is 12.5. The highest BCUT2D eigenvalue weighted by atomic mass is 35.5. The minimum absolute atomic E-state index is 0.353. The van der Waals surface area contributed by atoms with Gasteiger partial charge in [0.05, 0.1) is 22.3 Å². The number of allylic oxidation sites excluding steroid dienone is 1. The van der Waals surface area contributed by atoms with Gasteiger partial charge in [0, 0.05) is 16.3 Å². The lowest BCUT2D eigenvalue weighted by atomic mass is 9.90. The molecule has 2 aromatic carbocycles. The monoisotopic (exact) mass is 436 g/mol. The number of rotatable bonds is 4. The molecule has 1 saturated heterocycles. The molecule has 2 aliphatic rings. The summed E-state index contributed by atoms with van der Waals surface area (Å²) in [5.74, 6) is 0. The molecule has 6 atom stereocenters. The second kappa shape index (κ2) is 8.28. The van der Waals surface area contributed by atoms with Gasteiger partial charge in [0.25, 0.3) is 0 Å². The number of benzene rings is 2. The van der Waals surface area contributed by atoms with Crippen LogP contribution in [-0.2, 0) is 22.0 Å². The zero-order valence-electron chi connectivity index (χ0n) is 15.3. The molecule has 29 heavy (non-hydrogen) atoms. The van der Waals surface area contributed by atoms with Crippen LogP contribution < -0.4 is 0 Å². The summed E-state index contributed by atoms with van der Waals surface area (Å²) in [6.07, 6.45) is -3.93. The molecule has 0 amide bonds. The fourth-order valence-electron chi connectivity index (χ4n) is 3.73. The zero-order valence-corrected chi connectivity index (χ0v) is 16.9. The van der Waals surface area contributed by atoms with Crippen molar-refractivity contribution in [1.29, 1.82) is 0 Å². The summed E-state index contributed by atoms with van der Waals surface area (Å²) in [6.45, 7) is -0.494. The SMILES string of the molecule is O=S1C(Cc2cc(C3OC(CO)[C@@H](O)C(O)[C@H]3O)ccc2Cl)=Cc2ccccc21. The van der Waals surface area contributed by atoms with Crippen LogP contribution in [0.5, 0.6) is 0 Å². The van der Waals surface area contributed by atoms with Crippen LogP contribution in [0.25, 0.3) is 6.08 Å². The Kier molecular flexibility index (Phi) is 5.90. The lowest BCUT2D eigenvalue weighted by molar-refractivity contribution is -0.231. The van der Waals surface area contributed by atoms with Gasteiger partial charge < -0.3 is 25.2 Å². The van der Waals surface area contributed by atoms with Gasteiger partial charge in [-0.1, -0.05) is 41.9 Å². The minimum Gasteiger partial charge on any atom is -0.394 e. The van der Waals surface area contributed by atoms with Crippen molar-refractivity contribution in [3.8, 4) is 0 Å². The molecule has 6 nitrogen and oxygen atoms in total. The highest BCUT2D eigenvalue weighted by Gasteiger charge is 2.44. The van der Waals surface area contributed by atoms with Gasteiger partial charge in [-0.15, -0.1) is 0 Å². The van der Waals surface area contributed by atoms with Crippen LogP contribution in [0, 0.1) is 0 Å². The number of aliphatic hydroxyl groups excluding tert-OH is 4. The Bertz CT molecular complexity index is 975. The Balaban J connectivity index is 1.61. The van der Waals surface area contributed by atoms with E-state index in [1.807, 2.05) is 30.3 Å². The van der Waals surface area contributed by atoms with Crippen molar-refractivity contribution in [2.24, 2.45) is 0 Å². The maximum Gasteiger partial charge on any atom is 0.113 e. The molecule has 4 unspecified atom stereocenters. The van der Waals surface area contributed by atoms with E-state index in [1.54, 1.807) is 18.2 Å². The first-order valence-corrected chi connectivity index (χ1v) is 10.7. The lowest BCUT2D eigenvalue weighted by Crippen LogP contribution is -2.55. The van der Waals surface area contributed by atoms with E-state index in [2.05, 4.69) is 0 Å². The first-order valence-electron chi connectivity index (χ1n) is 9.21. The molecule has 1 fully saturated rings. The van der Waals surface area contributed by atoms with Crippen LogP contribution in [-0.4, -0.2) is 55.7 Å². The summed E-state index contributed by atoms with van der Waals surface area (Å²) in [7, 11) is -1.26. The van der Waals surface area contributed by atoms with Gasteiger partial charge in [-0.05, 0) is 34.9 Å². The number of halogens is 1. The van der Waals surface area contributed by atoms with Crippen LogP contribution in [0.4, 0.5) is 0 Å². The predicted molar refractivity (Wildman–Crippen MR) is 109 cm³/mol. The summed E-state index contributed by atoms with van der Waals surface area (Å²) in [5.41, 5.74) is 2.17. The first kappa shape index (κ1) is 20.7. The first-order chi connectivity index (χ1) is 13.9. The van der Waals surface area contributed by atoms with Crippen molar-refractivity contribution in [2.75, 3.05) is 6.61 Å². The average molecular weight is 437 g/mol. The fraction of sp³-hybridized carbons (Fsp3) is 0.333. The normalized spacial score (nSPS) is 31.4. The molecule has 154 valence electrons. The maximum atomic E-state index is 12.8. The maximum absolute atomic E-state index is 12.8. The summed E-state index contributed by atoms with van der Waals surface area (Å²) < 4.78 is 18.4. The summed E-state index contributed by atoms with van der Waals surface area (Å²) in [4.78, 5) is 1.49. The second-order valence-electron chi connectivity index (χ2n) is 7.19. The summed E-state index contributed by atoms with van der Waals surface area (Å²) in [5, 5.41) is 40.3. The van der Waals surface area contributed by atoms with Gasteiger partial charge in [-0.2, -0.15) is 0 Å². The highest BCUT2D eigenvalue weighted by molar-refractivity contribution is 7.89. The molecule has 2 aromatic rings. The molecule has 2 heterocycles. The molecular weight excluding hydrogens is 416 g/mol. The smallest absolute Gasteiger partial charge is 0.113 e. The van der Waals surface area contributed by atoms with Crippen molar-refractivity contribution in [3.63, 3.8) is 0 Å². The van der Waals surface area contributed by atoms with Crippen molar-refractivity contribution < 1.29 is 29.4 Å². The molecular formula is C21H21ClO6S. The standard InChI is InChI=1S/C21H21ClO6S/c22-15-6-5-12(21-20(26)19(25)18(24)16(10-23)28-21)7-13(15)9-14-8-11-3-1-2-4-17(11)29(14)27/h1-8,16,18-21,23-26H,9-10H2/t16?,18-,19?,20-,21?,29?/m1/s1. The van der Waals surface area contributed by atoms with E-state index >= 15 is 0 Å². The largest absolute Gasteiger partial charge is 0.394 e. The second-order valence-corrected chi connectivity index (χ2v) is 9.10. The van der Waals surface area contributed by atoms with Crippen molar-refractivity contribution >= 4 is 28.5 Å². The predicted octanol–water partition coefficient (Wildman–Crippen LogP) is 1.56. The molecule has 0 aliphatic carbocycles. The number of hydrogen-bond acceptors (Lipinski definition) is 6. The number of aliphatic hydroxyl groups is 4. The quantitative estimate of drug-likeness (QED) is 0.579. The Hall–Kier alpha value is -1.58. The van der Waals surface area contributed by atoms with E-state index < -0.39 is 47.9 Å². The van der Waals surface area contributed by atoms with E-state index in [-0.39, 0.29) is 0 Å². The van der Waals surface area contributed by atoms with Crippen molar-refractivity contribution in [2.45, 2.75) is 41.8 Å². The molecule has 0 saturated carbocycles. The van der Waals surface area contributed by atoms with Crippen molar-refractivity contribution in [3.05, 3.63) is 69.1 Å². The average Bonchev–Trinajstić information content (AvgIpc) is 3.04. The van der Waals surface area contributed by atoms with E-state index in [1.165, 1.54) is 0 Å². The third kappa shape index (κ3) is 3.80. The molecule has 4 N–H and O–H groups in total. The third-order valence-electron chi connectivity index (χ3n) is 5.33. The van der Waals surface area contributed by atoms with Gasteiger partial charge in [0.2, 0.25) is 0 Å². The minimum atomic E-state index is -1.45. The van der Waals surface area contributed by atoms with E-state index in [0.29, 0.717) is 22.6 Å². The van der Waals surface area contributed by atoms with E-state index in [0.717, 1.165) is 15.4 Å². The summed E-state index contributed by atoms with van der Waals surface area (Å²) >= 11 is 6.36. The molecule has 0 bridgehead atoms. The Morgan fingerprint density at radius 1 is 1.03 bits per heavy atom. The Morgan fingerprint density at radius 2 is 1.79 bits per heavy atom. The molecule has 0 spiro atoms. The number of fused-ring (bicyclic) bond motifs is 1. The van der Waals surface area contributed by atoms with E-state index in [4.69, 9.17) is 16.3 Å². The molecule has 0 radical (unpaired) electrons. The van der Waals surface area contributed by atoms with Crippen LogP contribution in [0.2, 0.25) is 5.02 Å². The van der Waals surface area contributed by atoms with Gasteiger partial charge in [-0.25, -0.2) is 4.21 Å². The lowest BCUT2D eigenvalue weighted by Gasteiger charge is -2.40. The van der Waals surface area contributed by atoms with Gasteiger partial charge in [-0.3, -0.25) is 0 Å². The fourth-order valence-corrected chi connectivity index (χ4v) is 5.26. The topological polar surface area (TPSA) is 107 Å². The van der Waals surface area contributed by atoms with E-state index in [9.17, 15) is 24.6 Å². The zero-order chi connectivity index (χ0) is 20.7. The highest BCUT2D eigenvalue weighted by Crippen LogP contribution is 2.36. The third-order valence-corrected chi connectivity index (χ3v) is 7.21. The van der Waals surface area contributed by atoms with Crippen LogP contribution in [0.3, 0.4) is 0 Å². The number of hydrogen-bond donors (Lipinski definition) is 4. The van der Waals surface area contributed by atoms with Gasteiger partial charge in [0.1, 0.15) is 30.5 Å². The number of ether oxygens (including phenoxy) is 1. The molecule has 2 aliphatic heterocycles. The Labute approximate surface area is 175 Å². The Morgan fingerprint density at radius 3 is 2.52 bits per heavy atom. The molecule has 0 aromatic heterocycles. The van der Waals surface area contributed by atoms with Crippen LogP contribution in [0.1, 0.15) is 22.8 Å². The molecule has 4 rings (SSSR count). The van der Waals surface area contributed by atoms with Crippen LogP contribution >= 0.6 is 11.6 Å². The van der Waals surface area contributed by atoms with Crippen LogP contribution in [0.15, 0.2) is 52.3 Å².